The highest BCUT2D eigenvalue weighted by atomic mass is 127. The summed E-state index contributed by atoms with van der Waals surface area (Å²) in [5.41, 5.74) is 0. The second-order valence-electron chi connectivity index (χ2n) is 2.73. The lowest BCUT2D eigenvalue weighted by atomic mass is 10.0. The minimum absolute atomic E-state index is 0.988. The molecule has 1 aliphatic rings. The van der Waals surface area contributed by atoms with Crippen LogP contribution in [0.3, 0.4) is 0 Å². The van der Waals surface area contributed by atoms with Crippen molar-refractivity contribution in [2.24, 2.45) is 11.8 Å². The summed E-state index contributed by atoms with van der Waals surface area (Å²) in [7, 11) is 0. The normalized spacial score (nSPS) is 22.0. The van der Waals surface area contributed by atoms with Gasteiger partial charge in [-0.2, -0.15) is 0 Å². The van der Waals surface area contributed by atoms with Gasteiger partial charge in [0.05, 0.1) is 0 Å². The topological polar surface area (TPSA) is 0 Å². The average Bonchev–Trinajstić information content (AvgIpc) is 2.64. The van der Waals surface area contributed by atoms with Crippen molar-refractivity contribution in [3.8, 4) is 0 Å². The summed E-state index contributed by atoms with van der Waals surface area (Å²) in [6, 6.07) is 0. The molecule has 1 unspecified atom stereocenters. The molecule has 1 rings (SSSR count). The van der Waals surface area contributed by atoms with Crippen LogP contribution in [0.1, 0.15) is 19.3 Å². The van der Waals surface area contributed by atoms with Gasteiger partial charge in [-0.1, -0.05) is 38.5 Å². The molecule has 1 saturated carbocycles. The minimum atomic E-state index is 0.988. The van der Waals surface area contributed by atoms with E-state index in [0.717, 1.165) is 11.8 Å². The zero-order chi connectivity index (χ0) is 6.69. The zero-order valence-electron chi connectivity index (χ0n) is 5.45. The molecular weight excluding hydrogens is 291 g/mol. The van der Waals surface area contributed by atoms with E-state index in [1.54, 1.807) is 0 Å². The molecular formula is C7H12BrI. The van der Waals surface area contributed by atoms with Crippen molar-refractivity contribution >= 4 is 38.5 Å². The smallest absolute Gasteiger partial charge is 0.00625 e. The first-order valence-corrected chi connectivity index (χ1v) is 6.15. The Morgan fingerprint density at radius 2 is 2.22 bits per heavy atom. The fraction of sp³-hybridized carbons (Fsp3) is 1.00. The maximum atomic E-state index is 3.55. The van der Waals surface area contributed by atoms with E-state index in [-0.39, 0.29) is 0 Å². The van der Waals surface area contributed by atoms with E-state index in [1.807, 2.05) is 0 Å². The first kappa shape index (κ1) is 8.31. The number of hydrogen-bond acceptors (Lipinski definition) is 0. The highest BCUT2D eigenvalue weighted by Gasteiger charge is 2.29. The summed E-state index contributed by atoms with van der Waals surface area (Å²) in [6.45, 7) is 0. The summed E-state index contributed by atoms with van der Waals surface area (Å²) in [6.07, 6.45) is 4.40. The molecule has 0 bridgehead atoms. The number of alkyl halides is 2. The molecule has 0 heterocycles. The van der Waals surface area contributed by atoms with Gasteiger partial charge in [0.25, 0.3) is 0 Å². The zero-order valence-corrected chi connectivity index (χ0v) is 9.19. The molecule has 0 aromatic rings. The highest BCUT2D eigenvalue weighted by Crippen LogP contribution is 2.39. The van der Waals surface area contributed by atoms with Gasteiger partial charge in [-0.15, -0.1) is 0 Å². The molecule has 0 radical (unpaired) electrons. The van der Waals surface area contributed by atoms with Gasteiger partial charge in [-0.3, -0.25) is 0 Å². The van der Waals surface area contributed by atoms with Crippen molar-refractivity contribution in [2.75, 3.05) is 9.76 Å². The highest BCUT2D eigenvalue weighted by molar-refractivity contribution is 14.1. The molecule has 0 amide bonds. The summed E-state index contributed by atoms with van der Waals surface area (Å²) >= 11 is 6.02. The maximum Gasteiger partial charge on any atom is 0.00625 e. The number of halogens is 2. The fourth-order valence-electron chi connectivity index (χ4n) is 1.15. The van der Waals surface area contributed by atoms with Gasteiger partial charge >= 0.3 is 0 Å². The summed E-state index contributed by atoms with van der Waals surface area (Å²) < 4.78 is 1.32. The van der Waals surface area contributed by atoms with Crippen molar-refractivity contribution in [2.45, 2.75) is 19.3 Å². The van der Waals surface area contributed by atoms with Crippen LogP contribution in [0.4, 0.5) is 0 Å². The Balaban J connectivity index is 2.12. The van der Waals surface area contributed by atoms with Crippen LogP contribution >= 0.6 is 38.5 Å². The third kappa shape index (κ3) is 2.74. The average molecular weight is 303 g/mol. The van der Waals surface area contributed by atoms with Crippen molar-refractivity contribution in [1.82, 2.24) is 0 Å². The van der Waals surface area contributed by atoms with Gasteiger partial charge in [-0.05, 0) is 35.5 Å². The van der Waals surface area contributed by atoms with Crippen molar-refractivity contribution in [1.29, 1.82) is 0 Å². The number of rotatable bonds is 4. The maximum absolute atomic E-state index is 3.55. The van der Waals surface area contributed by atoms with Crippen LogP contribution in [0.2, 0.25) is 0 Å². The molecule has 0 aromatic heterocycles. The van der Waals surface area contributed by atoms with Gasteiger partial charge in [-0.25, -0.2) is 0 Å². The van der Waals surface area contributed by atoms with Gasteiger partial charge < -0.3 is 0 Å². The van der Waals surface area contributed by atoms with E-state index in [4.69, 9.17) is 0 Å². The molecule has 0 nitrogen and oxygen atoms in total. The second-order valence-corrected chi connectivity index (χ2v) is 4.46. The molecule has 0 spiro atoms. The first-order chi connectivity index (χ1) is 4.38. The van der Waals surface area contributed by atoms with Crippen LogP contribution in [-0.2, 0) is 0 Å². The van der Waals surface area contributed by atoms with E-state index in [1.165, 1.54) is 29.0 Å². The molecule has 0 aromatic carbocycles. The lowest BCUT2D eigenvalue weighted by Crippen LogP contribution is -2.04. The third-order valence-corrected chi connectivity index (χ3v) is 3.42. The lowest BCUT2D eigenvalue weighted by molar-refractivity contribution is 0.512. The van der Waals surface area contributed by atoms with E-state index in [9.17, 15) is 0 Å². The van der Waals surface area contributed by atoms with Crippen molar-refractivity contribution in [3.63, 3.8) is 0 Å². The first-order valence-electron chi connectivity index (χ1n) is 3.50. The van der Waals surface area contributed by atoms with E-state index >= 15 is 0 Å². The Morgan fingerprint density at radius 3 is 2.56 bits per heavy atom. The molecule has 1 atom stereocenters. The Kier molecular flexibility index (Phi) is 3.84. The van der Waals surface area contributed by atoms with Crippen LogP contribution in [0.15, 0.2) is 0 Å². The molecule has 54 valence electrons. The second kappa shape index (κ2) is 4.16. The Bertz CT molecular complexity index is 81.0. The summed E-state index contributed by atoms with van der Waals surface area (Å²) in [5.74, 6) is 2.07. The Hall–Kier alpha value is 1.21. The fourth-order valence-corrected chi connectivity index (χ4v) is 2.80. The van der Waals surface area contributed by atoms with E-state index < -0.39 is 0 Å². The molecule has 1 aliphatic carbocycles. The largest absolute Gasteiger partial charge is 0.0925 e. The van der Waals surface area contributed by atoms with E-state index in [0.29, 0.717) is 0 Å². The van der Waals surface area contributed by atoms with Crippen molar-refractivity contribution in [3.05, 3.63) is 0 Å². The third-order valence-electron chi connectivity index (χ3n) is 1.97. The molecule has 9 heavy (non-hydrogen) atoms. The van der Waals surface area contributed by atoms with Crippen molar-refractivity contribution < 1.29 is 0 Å². The van der Waals surface area contributed by atoms with E-state index in [2.05, 4.69) is 38.5 Å². The standard InChI is InChI=1S/C7H12BrI/c8-5-7(3-4-9)6-1-2-6/h6-7H,1-5H2. The summed E-state index contributed by atoms with van der Waals surface area (Å²) in [5, 5.41) is 1.22. The van der Waals surface area contributed by atoms with Crippen LogP contribution in [0.5, 0.6) is 0 Å². The molecule has 2 heteroatoms. The van der Waals surface area contributed by atoms with Crippen LogP contribution in [0, 0.1) is 11.8 Å². The molecule has 1 fully saturated rings. The van der Waals surface area contributed by atoms with Gasteiger partial charge in [0.15, 0.2) is 0 Å². The Morgan fingerprint density at radius 1 is 1.56 bits per heavy atom. The molecule has 0 N–H and O–H groups in total. The predicted molar refractivity (Wildman–Crippen MR) is 53.5 cm³/mol. The van der Waals surface area contributed by atoms with Crippen LogP contribution in [-0.4, -0.2) is 9.76 Å². The lowest BCUT2D eigenvalue weighted by Gasteiger charge is -2.08. The van der Waals surface area contributed by atoms with Crippen LogP contribution in [0.25, 0.3) is 0 Å². The summed E-state index contributed by atoms with van der Waals surface area (Å²) in [4.78, 5) is 0. The molecule has 0 saturated heterocycles. The minimum Gasteiger partial charge on any atom is -0.0925 e. The van der Waals surface area contributed by atoms with Gasteiger partial charge in [0, 0.05) is 5.33 Å². The van der Waals surface area contributed by atoms with Crippen LogP contribution < -0.4 is 0 Å². The quantitative estimate of drug-likeness (QED) is 0.552. The predicted octanol–water partition coefficient (Wildman–Crippen LogP) is 3.23. The monoisotopic (exact) mass is 302 g/mol. The Labute approximate surface area is 79.1 Å². The SMILES string of the molecule is BrCC(CCI)C1CC1. The number of hydrogen-bond donors (Lipinski definition) is 0. The molecule has 0 aliphatic heterocycles. The van der Waals surface area contributed by atoms with Gasteiger partial charge in [0.1, 0.15) is 0 Å². The van der Waals surface area contributed by atoms with Gasteiger partial charge in [0.2, 0.25) is 0 Å².